The Balaban J connectivity index is 1.48. The van der Waals surface area contributed by atoms with Crippen molar-refractivity contribution in [3.05, 3.63) is 72.3 Å². The normalized spacial score (nSPS) is 11.8. The zero-order valence-corrected chi connectivity index (χ0v) is 15.2. The first-order valence-corrected chi connectivity index (χ1v) is 8.86. The van der Waals surface area contributed by atoms with Crippen molar-refractivity contribution in [2.24, 2.45) is 0 Å². The van der Waals surface area contributed by atoms with E-state index in [1.165, 1.54) is 0 Å². The Morgan fingerprint density at radius 1 is 1.04 bits per heavy atom. The molecule has 0 aliphatic heterocycles. The van der Waals surface area contributed by atoms with Crippen LogP contribution >= 0.6 is 0 Å². The lowest BCUT2D eigenvalue weighted by Gasteiger charge is -2.14. The predicted octanol–water partition coefficient (Wildman–Crippen LogP) is 3.47. The Hall–Kier alpha value is -3.05. The number of hydrogen-bond acceptors (Lipinski definition) is 4. The van der Waals surface area contributed by atoms with Gasteiger partial charge in [0.15, 0.2) is 6.61 Å². The van der Waals surface area contributed by atoms with Gasteiger partial charge in [0.2, 0.25) is 0 Å². The lowest BCUT2D eigenvalue weighted by atomic mass is 9.99. The summed E-state index contributed by atoms with van der Waals surface area (Å²) in [6.07, 6.45) is -0.213. The molecule has 5 nitrogen and oxygen atoms in total. The molecule has 0 saturated heterocycles. The monoisotopic (exact) mass is 365 g/mol. The van der Waals surface area contributed by atoms with Crippen molar-refractivity contribution in [3.63, 3.8) is 0 Å². The zero-order chi connectivity index (χ0) is 19.1. The fraction of sp³-hybridized carbons (Fsp3) is 0.227. The number of rotatable bonds is 8. The molecule has 0 spiro atoms. The van der Waals surface area contributed by atoms with Crippen LogP contribution in [0.4, 0.5) is 0 Å². The van der Waals surface area contributed by atoms with Crippen molar-refractivity contribution in [1.29, 1.82) is 0 Å². The Kier molecular flexibility index (Phi) is 6.28. The Labute approximate surface area is 158 Å². The van der Waals surface area contributed by atoms with E-state index in [0.29, 0.717) is 24.5 Å². The highest BCUT2D eigenvalue weighted by Gasteiger charge is 2.11. The molecule has 0 fully saturated rings. The van der Waals surface area contributed by atoms with E-state index in [0.717, 1.165) is 16.3 Å². The summed E-state index contributed by atoms with van der Waals surface area (Å²) in [6, 6.07) is 20.9. The highest BCUT2D eigenvalue weighted by Crippen LogP contribution is 2.25. The summed E-state index contributed by atoms with van der Waals surface area (Å²) in [7, 11) is 1.58. The molecule has 3 aromatic rings. The maximum Gasteiger partial charge on any atom is 0.257 e. The summed E-state index contributed by atoms with van der Waals surface area (Å²) < 4.78 is 10.6. The second kappa shape index (κ2) is 9.05. The second-order valence-electron chi connectivity index (χ2n) is 6.19. The summed E-state index contributed by atoms with van der Waals surface area (Å²) in [5.41, 5.74) is 0.870. The molecule has 0 aliphatic rings. The van der Waals surface area contributed by atoms with E-state index in [-0.39, 0.29) is 12.5 Å². The minimum Gasteiger partial charge on any atom is -0.497 e. The van der Waals surface area contributed by atoms with Gasteiger partial charge >= 0.3 is 0 Å². The number of aliphatic hydroxyl groups is 1. The third kappa shape index (κ3) is 4.99. The molecule has 3 aromatic carbocycles. The van der Waals surface area contributed by atoms with Crippen LogP contribution in [-0.4, -0.2) is 31.3 Å². The van der Waals surface area contributed by atoms with Gasteiger partial charge in [-0.3, -0.25) is 4.79 Å². The van der Waals surface area contributed by atoms with Gasteiger partial charge in [0.1, 0.15) is 11.5 Å². The van der Waals surface area contributed by atoms with E-state index in [9.17, 15) is 9.90 Å². The van der Waals surface area contributed by atoms with Crippen molar-refractivity contribution in [2.75, 3.05) is 20.3 Å². The van der Waals surface area contributed by atoms with Crippen LogP contribution < -0.4 is 14.8 Å². The minimum atomic E-state index is -0.643. The summed E-state index contributed by atoms with van der Waals surface area (Å²) in [4.78, 5) is 12.0. The first-order valence-electron chi connectivity index (χ1n) is 8.86. The molecule has 0 aliphatic carbocycles. The van der Waals surface area contributed by atoms with Crippen LogP contribution in [0.15, 0.2) is 66.7 Å². The molecule has 0 saturated carbocycles. The van der Waals surface area contributed by atoms with Gasteiger partial charge in [-0.2, -0.15) is 0 Å². The number of fused-ring (bicyclic) bond motifs is 1. The molecular formula is C22H23NO4. The van der Waals surface area contributed by atoms with E-state index >= 15 is 0 Å². The van der Waals surface area contributed by atoms with Gasteiger partial charge in [0.25, 0.3) is 5.91 Å². The van der Waals surface area contributed by atoms with Gasteiger partial charge < -0.3 is 19.9 Å². The fourth-order valence-electron chi connectivity index (χ4n) is 2.94. The number of methoxy groups -OCH3 is 1. The topological polar surface area (TPSA) is 67.8 Å². The van der Waals surface area contributed by atoms with Crippen molar-refractivity contribution >= 4 is 16.7 Å². The molecule has 0 bridgehead atoms. The first-order chi connectivity index (χ1) is 13.2. The molecule has 1 amide bonds. The van der Waals surface area contributed by atoms with E-state index in [1.54, 1.807) is 25.3 Å². The number of amides is 1. The minimum absolute atomic E-state index is 0.0858. The molecule has 3 rings (SSSR count). The van der Waals surface area contributed by atoms with Crippen LogP contribution in [0.1, 0.15) is 18.1 Å². The van der Waals surface area contributed by atoms with E-state index in [1.807, 2.05) is 48.5 Å². The molecule has 2 N–H and O–H groups in total. The smallest absolute Gasteiger partial charge is 0.257 e. The molecule has 1 atom stereocenters. The number of carbonyl (C=O) groups is 1. The zero-order valence-electron chi connectivity index (χ0n) is 15.2. The highest BCUT2D eigenvalue weighted by molar-refractivity contribution is 5.86. The molecule has 0 radical (unpaired) electrons. The average Bonchev–Trinajstić information content (AvgIpc) is 2.72. The SMILES string of the molecule is COc1cccc(OCC(=O)NCCC(O)c2cccc3ccccc23)c1. The van der Waals surface area contributed by atoms with Crippen molar-refractivity contribution in [2.45, 2.75) is 12.5 Å². The van der Waals surface area contributed by atoms with Crippen LogP contribution in [0.2, 0.25) is 0 Å². The summed E-state index contributed by atoms with van der Waals surface area (Å²) in [5.74, 6) is 1.01. The second-order valence-corrected chi connectivity index (χ2v) is 6.19. The molecule has 27 heavy (non-hydrogen) atoms. The summed E-state index contributed by atoms with van der Waals surface area (Å²) in [5, 5.41) is 15.4. The third-order valence-corrected chi connectivity index (χ3v) is 4.33. The Morgan fingerprint density at radius 2 is 1.78 bits per heavy atom. The molecular weight excluding hydrogens is 342 g/mol. The average molecular weight is 365 g/mol. The molecule has 5 heteroatoms. The van der Waals surface area contributed by atoms with Gasteiger partial charge in [0.05, 0.1) is 13.2 Å². The van der Waals surface area contributed by atoms with Crippen LogP contribution in [-0.2, 0) is 4.79 Å². The van der Waals surface area contributed by atoms with Gasteiger partial charge in [-0.25, -0.2) is 0 Å². The van der Waals surface area contributed by atoms with Gasteiger partial charge in [-0.1, -0.05) is 48.5 Å². The van der Waals surface area contributed by atoms with Crippen molar-refractivity contribution < 1.29 is 19.4 Å². The number of hydrogen-bond donors (Lipinski definition) is 2. The number of carbonyl (C=O) groups excluding carboxylic acids is 1. The van der Waals surface area contributed by atoms with Crippen molar-refractivity contribution in [1.82, 2.24) is 5.32 Å². The largest absolute Gasteiger partial charge is 0.497 e. The maximum atomic E-state index is 12.0. The van der Waals surface area contributed by atoms with Gasteiger partial charge in [-0.15, -0.1) is 0 Å². The Bertz CT molecular complexity index is 904. The Morgan fingerprint density at radius 3 is 2.63 bits per heavy atom. The molecule has 140 valence electrons. The third-order valence-electron chi connectivity index (χ3n) is 4.33. The van der Waals surface area contributed by atoms with Crippen LogP contribution in [0.3, 0.4) is 0 Å². The van der Waals surface area contributed by atoms with E-state index in [2.05, 4.69) is 5.32 Å². The van der Waals surface area contributed by atoms with Crippen LogP contribution in [0.5, 0.6) is 11.5 Å². The predicted molar refractivity (Wildman–Crippen MR) is 105 cm³/mol. The van der Waals surface area contributed by atoms with Crippen LogP contribution in [0.25, 0.3) is 10.8 Å². The molecule has 1 unspecified atom stereocenters. The van der Waals surface area contributed by atoms with Gasteiger partial charge in [0, 0.05) is 12.6 Å². The van der Waals surface area contributed by atoms with E-state index in [4.69, 9.17) is 9.47 Å². The standard InChI is InChI=1S/C22H23NO4/c1-26-17-8-5-9-18(14-17)27-15-22(25)23-13-12-21(24)20-11-4-7-16-6-2-3-10-19(16)20/h2-11,14,21,24H,12-13,15H2,1H3,(H,23,25). The first kappa shape index (κ1) is 18.7. The highest BCUT2D eigenvalue weighted by atomic mass is 16.5. The number of nitrogens with one attached hydrogen (secondary N) is 1. The number of aliphatic hydroxyl groups excluding tert-OH is 1. The fourth-order valence-corrected chi connectivity index (χ4v) is 2.94. The maximum absolute atomic E-state index is 12.0. The van der Waals surface area contributed by atoms with Crippen molar-refractivity contribution in [3.8, 4) is 11.5 Å². The van der Waals surface area contributed by atoms with Gasteiger partial charge in [-0.05, 0) is 34.9 Å². The van der Waals surface area contributed by atoms with Crippen LogP contribution in [0, 0.1) is 0 Å². The molecule has 0 heterocycles. The van der Waals surface area contributed by atoms with E-state index < -0.39 is 6.10 Å². The number of benzene rings is 3. The number of ether oxygens (including phenoxy) is 2. The quantitative estimate of drug-likeness (QED) is 0.641. The lowest BCUT2D eigenvalue weighted by molar-refractivity contribution is -0.123. The lowest BCUT2D eigenvalue weighted by Crippen LogP contribution is -2.30. The molecule has 0 aromatic heterocycles. The summed E-state index contributed by atoms with van der Waals surface area (Å²) in [6.45, 7) is 0.280. The summed E-state index contributed by atoms with van der Waals surface area (Å²) >= 11 is 0.